The van der Waals surface area contributed by atoms with Crippen molar-refractivity contribution >= 4 is 39.9 Å². The number of ether oxygens (including phenoxy) is 2. The Labute approximate surface area is 184 Å². The van der Waals surface area contributed by atoms with Gasteiger partial charge < -0.3 is 14.0 Å². The lowest BCUT2D eigenvalue weighted by atomic mass is 10.1. The number of fused-ring (bicyclic) bond motifs is 1. The number of benzene rings is 2. The summed E-state index contributed by atoms with van der Waals surface area (Å²) in [6, 6.07) is 15.4. The maximum absolute atomic E-state index is 12.6. The average Bonchev–Trinajstić information content (AvgIpc) is 3.27. The van der Waals surface area contributed by atoms with Gasteiger partial charge in [0.2, 0.25) is 0 Å². The van der Waals surface area contributed by atoms with E-state index in [4.69, 9.17) is 9.47 Å². The van der Waals surface area contributed by atoms with Crippen LogP contribution >= 0.6 is 11.8 Å². The fourth-order valence-electron chi connectivity index (χ4n) is 3.44. The molecule has 0 saturated carbocycles. The van der Waals surface area contributed by atoms with Crippen LogP contribution in [0.1, 0.15) is 5.56 Å². The van der Waals surface area contributed by atoms with Crippen LogP contribution in [0.4, 0.5) is 4.79 Å². The fraction of sp³-hybridized carbons (Fsp3) is 0.167. The third kappa shape index (κ3) is 4.36. The monoisotopic (exact) mass is 434 g/mol. The number of amides is 2. The van der Waals surface area contributed by atoms with E-state index in [1.165, 1.54) is 4.90 Å². The summed E-state index contributed by atoms with van der Waals surface area (Å²) in [5.74, 6) is 1.27. The normalized spacial score (nSPS) is 15.1. The second-order valence-electron chi connectivity index (χ2n) is 6.90. The summed E-state index contributed by atoms with van der Waals surface area (Å²) in [5, 5.41) is 0.746. The Hall–Kier alpha value is -3.45. The number of thioether (sulfide) groups is 1. The Morgan fingerprint density at radius 3 is 2.55 bits per heavy atom. The molecule has 4 rings (SSSR count). The molecular formula is C24H22N2O4S. The van der Waals surface area contributed by atoms with Gasteiger partial charge in [0.05, 0.1) is 18.6 Å². The Bertz CT molecular complexity index is 1160. The van der Waals surface area contributed by atoms with Gasteiger partial charge >= 0.3 is 0 Å². The molecule has 2 amide bonds. The van der Waals surface area contributed by atoms with Crippen molar-refractivity contribution in [3.63, 3.8) is 0 Å². The zero-order chi connectivity index (χ0) is 21.8. The highest BCUT2D eigenvalue weighted by atomic mass is 32.2. The number of methoxy groups -OCH3 is 1. The maximum Gasteiger partial charge on any atom is 0.293 e. The summed E-state index contributed by atoms with van der Waals surface area (Å²) in [7, 11) is 1.63. The summed E-state index contributed by atoms with van der Waals surface area (Å²) < 4.78 is 13.1. The number of carbonyl (C=O) groups excluding carboxylic acids is 2. The lowest BCUT2D eigenvalue weighted by molar-refractivity contribution is -0.122. The summed E-state index contributed by atoms with van der Waals surface area (Å²) in [5.41, 5.74) is 1.93. The van der Waals surface area contributed by atoms with E-state index in [1.807, 2.05) is 54.7 Å². The molecule has 0 atom stereocenters. The quantitative estimate of drug-likeness (QED) is 0.371. The molecule has 0 aliphatic carbocycles. The minimum absolute atomic E-state index is 0.215. The molecule has 1 fully saturated rings. The van der Waals surface area contributed by atoms with Crippen LogP contribution in [-0.4, -0.2) is 40.9 Å². The van der Waals surface area contributed by atoms with E-state index in [9.17, 15) is 9.59 Å². The van der Waals surface area contributed by atoms with Gasteiger partial charge in [-0.2, -0.15) is 0 Å². The van der Waals surface area contributed by atoms with Crippen molar-refractivity contribution in [2.24, 2.45) is 0 Å². The standard InChI is InChI=1S/C24H22N2O4S/c1-3-12-26-23(27)22(31-24(26)28)15-17-16-25(21-7-5-4-6-20(17)21)13-14-30-19-10-8-18(29-2)9-11-19/h3-11,15-16H,1,12-14H2,2H3/b22-15-. The number of imide groups is 1. The summed E-state index contributed by atoms with van der Waals surface area (Å²) >= 11 is 0.959. The molecule has 2 heterocycles. The van der Waals surface area contributed by atoms with Crippen molar-refractivity contribution in [1.82, 2.24) is 9.47 Å². The minimum Gasteiger partial charge on any atom is -0.497 e. The molecule has 1 aliphatic rings. The highest BCUT2D eigenvalue weighted by molar-refractivity contribution is 8.18. The van der Waals surface area contributed by atoms with Gasteiger partial charge in [-0.1, -0.05) is 24.3 Å². The zero-order valence-electron chi connectivity index (χ0n) is 17.1. The number of carbonyl (C=O) groups is 2. The van der Waals surface area contributed by atoms with Gasteiger partial charge in [0.15, 0.2) is 0 Å². The van der Waals surface area contributed by atoms with Crippen LogP contribution < -0.4 is 9.47 Å². The number of hydrogen-bond acceptors (Lipinski definition) is 5. The molecule has 0 unspecified atom stereocenters. The van der Waals surface area contributed by atoms with E-state index < -0.39 is 0 Å². The SMILES string of the molecule is C=CCN1C(=O)S/C(=C\c2cn(CCOc3ccc(OC)cc3)c3ccccc23)C1=O. The molecule has 1 aliphatic heterocycles. The molecule has 6 nitrogen and oxygen atoms in total. The van der Waals surface area contributed by atoms with Gasteiger partial charge in [0.25, 0.3) is 11.1 Å². The Morgan fingerprint density at radius 1 is 1.06 bits per heavy atom. The van der Waals surface area contributed by atoms with Gasteiger partial charge in [-0.15, -0.1) is 6.58 Å². The summed E-state index contributed by atoms with van der Waals surface area (Å²) in [4.78, 5) is 26.3. The molecule has 0 N–H and O–H groups in total. The van der Waals surface area contributed by atoms with Crippen LogP contribution in [0, 0.1) is 0 Å². The van der Waals surface area contributed by atoms with Gasteiger partial charge in [-0.05, 0) is 48.2 Å². The van der Waals surface area contributed by atoms with Crippen molar-refractivity contribution in [2.75, 3.05) is 20.3 Å². The maximum atomic E-state index is 12.6. The Morgan fingerprint density at radius 2 is 1.81 bits per heavy atom. The van der Waals surface area contributed by atoms with E-state index in [0.29, 0.717) is 18.1 Å². The number of nitrogens with zero attached hydrogens (tertiary/aromatic N) is 2. The van der Waals surface area contributed by atoms with Crippen molar-refractivity contribution < 1.29 is 19.1 Å². The molecule has 1 aromatic heterocycles. The smallest absolute Gasteiger partial charge is 0.293 e. The average molecular weight is 435 g/mol. The van der Waals surface area contributed by atoms with Crippen LogP contribution in [0.3, 0.4) is 0 Å². The highest BCUT2D eigenvalue weighted by Crippen LogP contribution is 2.34. The van der Waals surface area contributed by atoms with E-state index in [2.05, 4.69) is 11.1 Å². The molecule has 158 valence electrons. The second kappa shape index (κ2) is 9.14. The van der Waals surface area contributed by atoms with Crippen LogP contribution in [0.25, 0.3) is 17.0 Å². The molecule has 1 saturated heterocycles. The highest BCUT2D eigenvalue weighted by Gasteiger charge is 2.34. The molecule has 0 bridgehead atoms. The van der Waals surface area contributed by atoms with Gasteiger partial charge in [0.1, 0.15) is 18.1 Å². The van der Waals surface area contributed by atoms with Crippen molar-refractivity contribution in [1.29, 1.82) is 0 Å². The molecular weight excluding hydrogens is 412 g/mol. The van der Waals surface area contributed by atoms with Crippen molar-refractivity contribution in [3.05, 3.63) is 77.9 Å². The lowest BCUT2D eigenvalue weighted by Crippen LogP contribution is -2.27. The topological polar surface area (TPSA) is 60.8 Å². The molecule has 0 radical (unpaired) electrons. The first kappa shape index (κ1) is 20.8. The largest absolute Gasteiger partial charge is 0.497 e. The second-order valence-corrected chi connectivity index (χ2v) is 7.89. The predicted octanol–water partition coefficient (Wildman–Crippen LogP) is 4.95. The first-order valence-electron chi connectivity index (χ1n) is 9.81. The first-order chi connectivity index (χ1) is 15.1. The Balaban J connectivity index is 1.54. The van der Waals surface area contributed by atoms with Crippen molar-refractivity contribution in [3.8, 4) is 11.5 Å². The minimum atomic E-state index is -0.283. The lowest BCUT2D eigenvalue weighted by Gasteiger charge is -2.09. The van der Waals surface area contributed by atoms with E-state index in [0.717, 1.165) is 39.7 Å². The number of rotatable bonds is 8. The van der Waals surface area contributed by atoms with E-state index in [1.54, 1.807) is 19.3 Å². The number of aromatic nitrogens is 1. The van der Waals surface area contributed by atoms with E-state index >= 15 is 0 Å². The van der Waals surface area contributed by atoms with Crippen LogP contribution in [-0.2, 0) is 11.3 Å². The molecule has 7 heteroatoms. The number of hydrogen-bond donors (Lipinski definition) is 0. The van der Waals surface area contributed by atoms with Gasteiger partial charge in [-0.25, -0.2) is 0 Å². The molecule has 0 spiro atoms. The molecule has 31 heavy (non-hydrogen) atoms. The van der Waals surface area contributed by atoms with Gasteiger partial charge in [0, 0.05) is 29.2 Å². The predicted molar refractivity (Wildman–Crippen MR) is 123 cm³/mol. The third-order valence-corrected chi connectivity index (χ3v) is 5.86. The first-order valence-corrected chi connectivity index (χ1v) is 10.6. The van der Waals surface area contributed by atoms with E-state index in [-0.39, 0.29) is 17.7 Å². The van der Waals surface area contributed by atoms with Crippen molar-refractivity contribution in [2.45, 2.75) is 6.54 Å². The molecule has 2 aromatic carbocycles. The Kier molecular flexibility index (Phi) is 6.13. The third-order valence-electron chi connectivity index (χ3n) is 4.95. The summed E-state index contributed by atoms with van der Waals surface area (Å²) in [6.07, 6.45) is 5.33. The van der Waals surface area contributed by atoms with Crippen LogP contribution in [0.15, 0.2) is 72.3 Å². The van der Waals surface area contributed by atoms with Crippen LogP contribution in [0.5, 0.6) is 11.5 Å². The van der Waals surface area contributed by atoms with Gasteiger partial charge in [-0.3, -0.25) is 14.5 Å². The molecule has 3 aromatic rings. The summed E-state index contributed by atoms with van der Waals surface area (Å²) in [6.45, 7) is 4.95. The van der Waals surface area contributed by atoms with Crippen LogP contribution in [0.2, 0.25) is 0 Å². The zero-order valence-corrected chi connectivity index (χ0v) is 17.9. The fourth-order valence-corrected chi connectivity index (χ4v) is 4.28. The number of para-hydroxylation sites is 1.